The highest BCUT2D eigenvalue weighted by Gasteiger charge is 2.16. The number of nitrogen functional groups attached to an aromatic ring is 1. The molecule has 0 saturated heterocycles. The zero-order valence-electron chi connectivity index (χ0n) is 9.50. The van der Waals surface area contributed by atoms with Crippen molar-refractivity contribution in [3.8, 4) is 5.75 Å². The summed E-state index contributed by atoms with van der Waals surface area (Å²) in [7, 11) is 0. The van der Waals surface area contributed by atoms with Crippen LogP contribution in [0.5, 0.6) is 5.75 Å². The molecule has 0 aliphatic heterocycles. The minimum atomic E-state index is -0.696. The summed E-state index contributed by atoms with van der Waals surface area (Å²) in [5.41, 5.74) is 1.96. The molecule has 0 aliphatic carbocycles. The zero-order valence-corrected chi connectivity index (χ0v) is 10.3. The van der Waals surface area contributed by atoms with Crippen LogP contribution in [0.4, 0.5) is 15.2 Å². The third-order valence-corrected chi connectivity index (χ3v) is 3.07. The van der Waals surface area contributed by atoms with E-state index in [0.717, 1.165) is 17.0 Å². The summed E-state index contributed by atoms with van der Waals surface area (Å²) < 4.78 is 18.2. The molecule has 100 valence electrons. The van der Waals surface area contributed by atoms with Gasteiger partial charge in [-0.3, -0.25) is 15.5 Å². The number of thiazole rings is 1. The minimum Gasteiger partial charge on any atom is -0.481 e. The lowest BCUT2D eigenvalue weighted by molar-refractivity contribution is -0.386. The number of hydrazine groups is 1. The van der Waals surface area contributed by atoms with Crippen LogP contribution in [0.15, 0.2) is 24.4 Å². The Bertz CT molecular complexity index is 604. The van der Waals surface area contributed by atoms with Crippen molar-refractivity contribution in [2.75, 3.05) is 5.43 Å². The molecule has 0 unspecified atom stereocenters. The molecule has 1 aromatic heterocycles. The average molecular weight is 284 g/mol. The van der Waals surface area contributed by atoms with E-state index >= 15 is 0 Å². The number of hydrogen-bond acceptors (Lipinski definition) is 7. The number of aromatic nitrogens is 1. The van der Waals surface area contributed by atoms with E-state index in [-0.39, 0.29) is 12.4 Å². The van der Waals surface area contributed by atoms with Gasteiger partial charge >= 0.3 is 5.69 Å². The number of nitrogens with zero attached hydrogens (tertiary/aromatic N) is 2. The number of nitro groups is 1. The maximum Gasteiger partial charge on any atom is 0.313 e. The molecule has 19 heavy (non-hydrogen) atoms. The number of nitrogens with two attached hydrogens (primary N) is 1. The van der Waals surface area contributed by atoms with Gasteiger partial charge in [0.05, 0.1) is 15.9 Å². The maximum absolute atomic E-state index is 12.9. The number of ether oxygens (including phenoxy) is 1. The van der Waals surface area contributed by atoms with Gasteiger partial charge in [-0.15, -0.1) is 0 Å². The minimum absolute atomic E-state index is 0.00191. The zero-order chi connectivity index (χ0) is 13.8. The van der Waals surface area contributed by atoms with Crippen molar-refractivity contribution >= 4 is 22.2 Å². The van der Waals surface area contributed by atoms with Crippen LogP contribution in [0.3, 0.4) is 0 Å². The van der Waals surface area contributed by atoms with E-state index in [1.54, 1.807) is 0 Å². The normalized spacial score (nSPS) is 10.2. The van der Waals surface area contributed by atoms with Gasteiger partial charge in [0.1, 0.15) is 12.4 Å². The first-order chi connectivity index (χ1) is 9.10. The Kier molecular flexibility index (Phi) is 3.88. The second-order valence-electron chi connectivity index (χ2n) is 3.43. The van der Waals surface area contributed by atoms with Crippen LogP contribution in [-0.4, -0.2) is 9.91 Å². The fourth-order valence-corrected chi connectivity index (χ4v) is 1.98. The lowest BCUT2D eigenvalue weighted by Gasteiger charge is -2.04. The summed E-state index contributed by atoms with van der Waals surface area (Å²) in [4.78, 5) is 14.7. The first-order valence-electron chi connectivity index (χ1n) is 5.08. The molecule has 7 nitrogen and oxygen atoms in total. The van der Waals surface area contributed by atoms with Crippen molar-refractivity contribution in [2.24, 2.45) is 5.84 Å². The lowest BCUT2D eigenvalue weighted by Crippen LogP contribution is -2.05. The van der Waals surface area contributed by atoms with E-state index in [0.29, 0.717) is 5.13 Å². The number of hydrogen-bond donors (Lipinski definition) is 2. The molecule has 9 heteroatoms. The van der Waals surface area contributed by atoms with Crippen molar-refractivity contribution in [3.05, 3.63) is 45.2 Å². The summed E-state index contributed by atoms with van der Waals surface area (Å²) in [6, 6.07) is 3.13. The second-order valence-corrected chi connectivity index (χ2v) is 4.55. The number of rotatable bonds is 5. The van der Waals surface area contributed by atoms with Gasteiger partial charge in [-0.25, -0.2) is 15.2 Å². The first kappa shape index (κ1) is 13.2. The monoisotopic (exact) mass is 284 g/mol. The summed E-state index contributed by atoms with van der Waals surface area (Å²) in [6.45, 7) is 0.0891. The molecule has 0 atom stereocenters. The maximum atomic E-state index is 12.9. The molecule has 0 amide bonds. The van der Waals surface area contributed by atoms with Crippen molar-refractivity contribution in [2.45, 2.75) is 6.61 Å². The topological polar surface area (TPSA) is 103 Å². The molecule has 1 heterocycles. The van der Waals surface area contributed by atoms with Crippen LogP contribution >= 0.6 is 11.3 Å². The molecule has 0 bridgehead atoms. The molecule has 0 saturated carbocycles. The largest absolute Gasteiger partial charge is 0.481 e. The molecule has 1 aromatic carbocycles. The number of nitro benzene ring substituents is 1. The summed E-state index contributed by atoms with van der Waals surface area (Å²) in [5, 5.41) is 11.3. The molecule has 0 fully saturated rings. The standard InChI is InChI=1S/C10H9FN4O3S/c11-6-1-2-9(8(3-6)15(16)17)18-5-7-4-13-10(14-12)19-7/h1-4H,5,12H2,(H,13,14). The average Bonchev–Trinajstić information content (AvgIpc) is 2.85. The fourth-order valence-electron chi connectivity index (χ4n) is 1.35. The van der Waals surface area contributed by atoms with E-state index in [9.17, 15) is 14.5 Å². The lowest BCUT2D eigenvalue weighted by atomic mass is 10.3. The third kappa shape index (κ3) is 3.14. The molecule has 2 rings (SSSR count). The SMILES string of the molecule is NNc1ncc(COc2ccc(F)cc2[N+](=O)[O-])s1. The van der Waals surface area contributed by atoms with Gasteiger partial charge in [-0.2, -0.15) is 0 Å². The van der Waals surface area contributed by atoms with Gasteiger partial charge in [0.15, 0.2) is 10.9 Å². The Morgan fingerprint density at radius 3 is 3.00 bits per heavy atom. The molecular formula is C10H9FN4O3S. The first-order valence-corrected chi connectivity index (χ1v) is 5.90. The Labute approximate surface area is 111 Å². The molecule has 0 radical (unpaired) electrons. The highest BCUT2D eigenvalue weighted by atomic mass is 32.1. The van der Waals surface area contributed by atoms with Crippen molar-refractivity contribution < 1.29 is 14.1 Å². The van der Waals surface area contributed by atoms with Gasteiger partial charge in [-0.05, 0) is 12.1 Å². The van der Waals surface area contributed by atoms with Gasteiger partial charge in [0.2, 0.25) is 0 Å². The van der Waals surface area contributed by atoms with E-state index in [4.69, 9.17) is 10.6 Å². The van der Waals surface area contributed by atoms with E-state index in [2.05, 4.69) is 10.4 Å². The number of nitrogens with one attached hydrogen (secondary N) is 1. The van der Waals surface area contributed by atoms with Crippen LogP contribution in [0.25, 0.3) is 0 Å². The van der Waals surface area contributed by atoms with Crippen molar-refractivity contribution in [1.82, 2.24) is 4.98 Å². The molecule has 0 spiro atoms. The Balaban J connectivity index is 2.12. The smallest absolute Gasteiger partial charge is 0.313 e. The summed E-state index contributed by atoms with van der Waals surface area (Å²) >= 11 is 1.25. The van der Waals surface area contributed by atoms with E-state index in [1.165, 1.54) is 23.6 Å². The summed E-state index contributed by atoms with van der Waals surface area (Å²) in [5.74, 6) is 4.49. The Morgan fingerprint density at radius 2 is 2.37 bits per heavy atom. The predicted molar refractivity (Wildman–Crippen MR) is 67.3 cm³/mol. The van der Waals surface area contributed by atoms with Crippen LogP contribution in [0, 0.1) is 15.9 Å². The van der Waals surface area contributed by atoms with Gasteiger partial charge in [0, 0.05) is 6.20 Å². The Morgan fingerprint density at radius 1 is 1.58 bits per heavy atom. The number of benzene rings is 1. The Hall–Kier alpha value is -2.26. The summed E-state index contributed by atoms with van der Waals surface area (Å²) in [6.07, 6.45) is 1.54. The van der Waals surface area contributed by atoms with Crippen LogP contribution in [0.2, 0.25) is 0 Å². The van der Waals surface area contributed by atoms with Crippen LogP contribution in [-0.2, 0) is 6.61 Å². The number of halogens is 1. The van der Waals surface area contributed by atoms with E-state index in [1.807, 2.05) is 0 Å². The molecule has 0 aliphatic rings. The van der Waals surface area contributed by atoms with Crippen LogP contribution < -0.4 is 16.0 Å². The van der Waals surface area contributed by atoms with Gasteiger partial charge in [0.25, 0.3) is 0 Å². The molecular weight excluding hydrogens is 275 g/mol. The van der Waals surface area contributed by atoms with Gasteiger partial charge in [-0.1, -0.05) is 11.3 Å². The number of anilines is 1. The fraction of sp³-hybridized carbons (Fsp3) is 0.100. The molecule has 3 N–H and O–H groups in total. The quantitative estimate of drug-likeness (QED) is 0.495. The van der Waals surface area contributed by atoms with Crippen molar-refractivity contribution in [3.63, 3.8) is 0 Å². The highest BCUT2D eigenvalue weighted by Crippen LogP contribution is 2.29. The highest BCUT2D eigenvalue weighted by molar-refractivity contribution is 7.15. The predicted octanol–water partition coefficient (Wildman–Crippen LogP) is 2.05. The third-order valence-electron chi connectivity index (χ3n) is 2.16. The van der Waals surface area contributed by atoms with E-state index < -0.39 is 16.4 Å². The van der Waals surface area contributed by atoms with Crippen molar-refractivity contribution in [1.29, 1.82) is 0 Å². The second kappa shape index (κ2) is 5.59. The molecule has 2 aromatic rings. The van der Waals surface area contributed by atoms with Gasteiger partial charge < -0.3 is 4.74 Å². The van der Waals surface area contributed by atoms with Crippen LogP contribution in [0.1, 0.15) is 4.88 Å².